The number of aryl methyl sites for hydroxylation is 1. The molecule has 4 nitrogen and oxygen atoms in total. The zero-order valence-corrected chi connectivity index (χ0v) is 9.27. The molecule has 0 fully saturated rings. The van der Waals surface area contributed by atoms with Crippen LogP contribution in [0.1, 0.15) is 15.9 Å². The normalized spacial score (nSPS) is 10.4. The standard InChI is InChI=1S/C11H9ClN2O2/c1-7-3-2-4-9(10(7)11(15)16)14-6-8(12)5-13-14/h2-6H,1H3,(H,15,16). The molecular weight excluding hydrogens is 228 g/mol. The summed E-state index contributed by atoms with van der Waals surface area (Å²) in [5.41, 5.74) is 1.44. The lowest BCUT2D eigenvalue weighted by atomic mass is 10.1. The van der Waals surface area contributed by atoms with Gasteiger partial charge in [-0.05, 0) is 18.6 Å². The van der Waals surface area contributed by atoms with E-state index in [4.69, 9.17) is 16.7 Å². The minimum Gasteiger partial charge on any atom is -0.478 e. The third kappa shape index (κ3) is 1.79. The van der Waals surface area contributed by atoms with Crippen molar-refractivity contribution < 1.29 is 9.90 Å². The summed E-state index contributed by atoms with van der Waals surface area (Å²) in [5.74, 6) is -0.972. The average Bonchev–Trinajstić information content (AvgIpc) is 2.63. The van der Waals surface area contributed by atoms with Gasteiger partial charge in [0, 0.05) is 6.20 Å². The number of carbonyl (C=O) groups is 1. The van der Waals surface area contributed by atoms with Crippen LogP contribution in [-0.2, 0) is 0 Å². The van der Waals surface area contributed by atoms with Gasteiger partial charge in [0.15, 0.2) is 0 Å². The van der Waals surface area contributed by atoms with Crippen LogP contribution in [0.5, 0.6) is 0 Å². The first kappa shape index (κ1) is 10.7. The molecule has 0 unspecified atom stereocenters. The van der Waals surface area contributed by atoms with E-state index < -0.39 is 5.97 Å². The van der Waals surface area contributed by atoms with E-state index >= 15 is 0 Å². The third-order valence-electron chi connectivity index (χ3n) is 2.26. The van der Waals surface area contributed by atoms with Crippen LogP contribution < -0.4 is 0 Å². The zero-order chi connectivity index (χ0) is 11.7. The monoisotopic (exact) mass is 236 g/mol. The van der Waals surface area contributed by atoms with Gasteiger partial charge in [-0.3, -0.25) is 0 Å². The highest BCUT2D eigenvalue weighted by Crippen LogP contribution is 2.19. The number of nitrogens with zero attached hydrogens (tertiary/aromatic N) is 2. The fourth-order valence-electron chi connectivity index (χ4n) is 1.55. The Kier molecular flexibility index (Phi) is 2.66. The number of hydrogen-bond donors (Lipinski definition) is 1. The van der Waals surface area contributed by atoms with Crippen LogP contribution in [0.25, 0.3) is 5.69 Å². The second-order valence-electron chi connectivity index (χ2n) is 3.38. The summed E-state index contributed by atoms with van der Waals surface area (Å²) < 4.78 is 1.46. The first-order valence-corrected chi connectivity index (χ1v) is 5.01. The molecule has 0 aliphatic carbocycles. The van der Waals surface area contributed by atoms with Crippen LogP contribution in [0.2, 0.25) is 5.02 Å². The number of carboxylic acid groups (broad SMARTS) is 1. The van der Waals surface area contributed by atoms with Gasteiger partial charge in [0.1, 0.15) is 0 Å². The fourth-order valence-corrected chi connectivity index (χ4v) is 1.69. The van der Waals surface area contributed by atoms with E-state index in [1.807, 2.05) is 0 Å². The summed E-state index contributed by atoms with van der Waals surface area (Å²) in [6, 6.07) is 5.23. The molecule has 0 atom stereocenters. The zero-order valence-electron chi connectivity index (χ0n) is 8.51. The average molecular weight is 237 g/mol. The molecule has 1 heterocycles. The Balaban J connectivity index is 2.65. The van der Waals surface area contributed by atoms with Gasteiger partial charge in [-0.25, -0.2) is 9.48 Å². The summed E-state index contributed by atoms with van der Waals surface area (Å²) in [7, 11) is 0. The number of benzene rings is 1. The maximum atomic E-state index is 11.1. The van der Waals surface area contributed by atoms with E-state index in [0.717, 1.165) is 0 Å². The Bertz CT molecular complexity index is 549. The quantitative estimate of drug-likeness (QED) is 0.872. The molecule has 0 saturated carbocycles. The van der Waals surface area contributed by atoms with Gasteiger partial charge in [-0.2, -0.15) is 5.10 Å². The second kappa shape index (κ2) is 3.98. The SMILES string of the molecule is Cc1cccc(-n2cc(Cl)cn2)c1C(=O)O. The van der Waals surface area contributed by atoms with Crippen molar-refractivity contribution in [2.24, 2.45) is 0 Å². The Labute approximate surface area is 97.1 Å². The van der Waals surface area contributed by atoms with Crippen LogP contribution in [0, 0.1) is 6.92 Å². The molecule has 0 saturated heterocycles. The second-order valence-corrected chi connectivity index (χ2v) is 3.81. The Morgan fingerprint density at radius 3 is 2.81 bits per heavy atom. The van der Waals surface area contributed by atoms with E-state index in [0.29, 0.717) is 16.3 Å². The minimum absolute atomic E-state index is 0.238. The van der Waals surface area contributed by atoms with Crippen LogP contribution >= 0.6 is 11.6 Å². The van der Waals surface area contributed by atoms with E-state index in [1.165, 1.54) is 10.9 Å². The van der Waals surface area contributed by atoms with Gasteiger partial charge in [0.25, 0.3) is 0 Å². The van der Waals surface area contributed by atoms with Crippen LogP contribution in [0.4, 0.5) is 0 Å². The predicted octanol–water partition coefficient (Wildman–Crippen LogP) is 2.53. The van der Waals surface area contributed by atoms with Gasteiger partial charge in [-0.15, -0.1) is 0 Å². The topological polar surface area (TPSA) is 55.1 Å². The summed E-state index contributed by atoms with van der Waals surface area (Å²) in [6.45, 7) is 1.75. The van der Waals surface area contributed by atoms with Crippen molar-refractivity contribution in [1.82, 2.24) is 9.78 Å². The van der Waals surface area contributed by atoms with Crippen LogP contribution in [-0.4, -0.2) is 20.9 Å². The van der Waals surface area contributed by atoms with Gasteiger partial charge in [0.05, 0.1) is 22.5 Å². The van der Waals surface area contributed by atoms with Crippen molar-refractivity contribution in [1.29, 1.82) is 0 Å². The molecule has 1 aromatic heterocycles. The van der Waals surface area contributed by atoms with E-state index in [-0.39, 0.29) is 5.56 Å². The van der Waals surface area contributed by atoms with Gasteiger partial charge in [0.2, 0.25) is 0 Å². The summed E-state index contributed by atoms with van der Waals surface area (Å²) in [6.07, 6.45) is 3.04. The van der Waals surface area contributed by atoms with Gasteiger partial charge in [-0.1, -0.05) is 23.7 Å². The molecule has 5 heteroatoms. The van der Waals surface area contributed by atoms with E-state index in [1.54, 1.807) is 31.3 Å². The molecule has 82 valence electrons. The molecule has 1 aromatic carbocycles. The van der Waals surface area contributed by atoms with Crippen molar-refractivity contribution in [2.45, 2.75) is 6.92 Å². The number of halogens is 1. The predicted molar refractivity (Wildman–Crippen MR) is 60.3 cm³/mol. The highest BCUT2D eigenvalue weighted by atomic mass is 35.5. The molecule has 0 radical (unpaired) electrons. The van der Waals surface area contributed by atoms with Crippen molar-refractivity contribution in [3.63, 3.8) is 0 Å². The molecule has 16 heavy (non-hydrogen) atoms. The molecule has 0 aliphatic heterocycles. The molecule has 2 aromatic rings. The minimum atomic E-state index is -0.972. The summed E-state index contributed by atoms with van der Waals surface area (Å²) in [5, 5.41) is 13.6. The smallest absolute Gasteiger partial charge is 0.338 e. The lowest BCUT2D eigenvalue weighted by Crippen LogP contribution is -2.07. The number of aromatic nitrogens is 2. The van der Waals surface area contributed by atoms with Crippen molar-refractivity contribution >= 4 is 17.6 Å². The van der Waals surface area contributed by atoms with E-state index in [9.17, 15) is 4.79 Å². The lowest BCUT2D eigenvalue weighted by molar-refractivity contribution is 0.0696. The first-order chi connectivity index (χ1) is 7.59. The molecular formula is C11H9ClN2O2. The number of rotatable bonds is 2. The molecule has 1 N–H and O–H groups in total. The molecule has 0 aliphatic rings. The van der Waals surface area contributed by atoms with Crippen LogP contribution in [0.3, 0.4) is 0 Å². The Morgan fingerprint density at radius 2 is 2.25 bits per heavy atom. The van der Waals surface area contributed by atoms with Gasteiger partial charge >= 0.3 is 5.97 Å². The number of hydrogen-bond acceptors (Lipinski definition) is 2. The molecule has 0 amide bonds. The molecule has 2 rings (SSSR count). The maximum Gasteiger partial charge on any atom is 0.338 e. The van der Waals surface area contributed by atoms with Crippen LogP contribution in [0.15, 0.2) is 30.6 Å². The molecule has 0 bridgehead atoms. The van der Waals surface area contributed by atoms with E-state index in [2.05, 4.69) is 5.10 Å². The fraction of sp³-hybridized carbons (Fsp3) is 0.0909. The first-order valence-electron chi connectivity index (χ1n) is 4.63. The summed E-state index contributed by atoms with van der Waals surface area (Å²) >= 11 is 5.75. The van der Waals surface area contributed by atoms with Crippen molar-refractivity contribution in [3.8, 4) is 5.69 Å². The van der Waals surface area contributed by atoms with Gasteiger partial charge < -0.3 is 5.11 Å². The van der Waals surface area contributed by atoms with Crippen molar-refractivity contribution in [3.05, 3.63) is 46.7 Å². The maximum absolute atomic E-state index is 11.1. The number of aromatic carboxylic acids is 1. The Morgan fingerprint density at radius 1 is 1.50 bits per heavy atom. The van der Waals surface area contributed by atoms with Crippen molar-refractivity contribution in [2.75, 3.05) is 0 Å². The highest BCUT2D eigenvalue weighted by Gasteiger charge is 2.14. The highest BCUT2D eigenvalue weighted by molar-refractivity contribution is 6.30. The molecule has 0 spiro atoms. The third-order valence-corrected chi connectivity index (χ3v) is 2.46. The lowest BCUT2D eigenvalue weighted by Gasteiger charge is -2.08. The summed E-state index contributed by atoms with van der Waals surface area (Å²) in [4.78, 5) is 11.1. The largest absolute Gasteiger partial charge is 0.478 e. The Hall–Kier alpha value is -1.81. The number of carboxylic acids is 1.